The number of nitrogens with zero attached hydrogens (tertiary/aromatic N) is 2. The van der Waals surface area contributed by atoms with Crippen LogP contribution in [0.4, 0.5) is 0 Å². The molecule has 0 spiro atoms. The summed E-state index contributed by atoms with van der Waals surface area (Å²) in [4.78, 5) is 24.5. The first-order chi connectivity index (χ1) is 11.0. The number of amides is 1. The smallest absolute Gasteiger partial charge is 0.272 e. The summed E-state index contributed by atoms with van der Waals surface area (Å²) in [6.45, 7) is 4.31. The highest BCUT2D eigenvalue weighted by atomic mass is 35.5. The molecule has 0 aliphatic heterocycles. The van der Waals surface area contributed by atoms with Gasteiger partial charge >= 0.3 is 0 Å². The molecule has 2 rings (SSSR count). The van der Waals surface area contributed by atoms with Crippen LogP contribution < -0.4 is 16.6 Å². The van der Waals surface area contributed by atoms with E-state index in [4.69, 9.17) is 5.73 Å². The molecular weight excluding hydrogens is 328 g/mol. The SMILES string of the molecule is CCC(CC)(CN)NC(=O)c1ccc(=O)n(-c2ccccc2)n1.Cl. The van der Waals surface area contributed by atoms with Gasteiger partial charge in [0, 0.05) is 12.6 Å². The van der Waals surface area contributed by atoms with Crippen molar-refractivity contribution in [1.82, 2.24) is 15.1 Å². The van der Waals surface area contributed by atoms with Crippen LogP contribution in [-0.2, 0) is 0 Å². The standard InChI is InChI=1S/C17H22N4O2.ClH/c1-3-17(4-2,12-18)19-16(23)14-10-11-15(22)21(20-14)13-8-6-5-7-9-13;/h5-11H,3-4,12,18H2,1-2H3,(H,19,23);1H. The second kappa shape index (κ2) is 8.61. The van der Waals surface area contributed by atoms with E-state index in [1.807, 2.05) is 32.0 Å². The summed E-state index contributed by atoms with van der Waals surface area (Å²) in [6, 6.07) is 11.8. The van der Waals surface area contributed by atoms with E-state index in [0.717, 1.165) is 12.8 Å². The maximum atomic E-state index is 12.5. The first-order valence-corrected chi connectivity index (χ1v) is 7.73. The van der Waals surface area contributed by atoms with E-state index in [2.05, 4.69) is 10.4 Å². The molecule has 1 aromatic heterocycles. The Morgan fingerprint density at radius 1 is 1.17 bits per heavy atom. The molecule has 1 heterocycles. The number of carbonyl (C=O) groups excluding carboxylic acids is 1. The molecule has 6 nitrogen and oxygen atoms in total. The number of benzene rings is 1. The second-order valence-corrected chi connectivity index (χ2v) is 5.45. The lowest BCUT2D eigenvalue weighted by atomic mass is 9.93. The van der Waals surface area contributed by atoms with Gasteiger partial charge in [-0.3, -0.25) is 9.59 Å². The average molecular weight is 351 g/mol. The van der Waals surface area contributed by atoms with Crippen molar-refractivity contribution in [1.29, 1.82) is 0 Å². The average Bonchev–Trinajstić information content (AvgIpc) is 2.61. The lowest BCUT2D eigenvalue weighted by molar-refractivity contribution is 0.0888. The molecule has 0 radical (unpaired) electrons. The van der Waals surface area contributed by atoms with Gasteiger partial charge in [0.15, 0.2) is 0 Å². The highest BCUT2D eigenvalue weighted by molar-refractivity contribution is 5.92. The molecule has 0 atom stereocenters. The minimum atomic E-state index is -0.452. The fourth-order valence-corrected chi connectivity index (χ4v) is 2.36. The molecule has 0 aliphatic rings. The van der Waals surface area contributed by atoms with Crippen LogP contribution in [0.25, 0.3) is 5.69 Å². The predicted molar refractivity (Wildman–Crippen MR) is 96.9 cm³/mol. The first kappa shape index (κ1) is 19.9. The molecular formula is C17H23ClN4O2. The van der Waals surface area contributed by atoms with Crippen LogP contribution in [0.1, 0.15) is 37.2 Å². The van der Waals surface area contributed by atoms with Crippen LogP contribution in [0.5, 0.6) is 0 Å². The molecule has 1 aromatic carbocycles. The monoisotopic (exact) mass is 350 g/mol. The maximum Gasteiger partial charge on any atom is 0.272 e. The van der Waals surface area contributed by atoms with Crippen LogP contribution in [0, 0.1) is 0 Å². The summed E-state index contributed by atoms with van der Waals surface area (Å²) >= 11 is 0. The van der Waals surface area contributed by atoms with Crippen molar-refractivity contribution in [2.24, 2.45) is 5.73 Å². The van der Waals surface area contributed by atoms with E-state index in [1.54, 1.807) is 12.1 Å². The molecule has 3 N–H and O–H groups in total. The van der Waals surface area contributed by atoms with Crippen LogP contribution in [0.3, 0.4) is 0 Å². The normalized spacial score (nSPS) is 10.8. The molecule has 0 unspecified atom stereocenters. The van der Waals surface area contributed by atoms with Crippen LogP contribution in [0.2, 0.25) is 0 Å². The van der Waals surface area contributed by atoms with E-state index >= 15 is 0 Å². The van der Waals surface area contributed by atoms with Crippen molar-refractivity contribution in [2.45, 2.75) is 32.2 Å². The van der Waals surface area contributed by atoms with Crippen molar-refractivity contribution in [3.63, 3.8) is 0 Å². The van der Waals surface area contributed by atoms with Gasteiger partial charge in [-0.15, -0.1) is 12.4 Å². The summed E-state index contributed by atoms with van der Waals surface area (Å²) in [5.74, 6) is -0.330. The topological polar surface area (TPSA) is 90.0 Å². The minimum Gasteiger partial charge on any atom is -0.344 e. The first-order valence-electron chi connectivity index (χ1n) is 7.73. The Morgan fingerprint density at radius 3 is 2.33 bits per heavy atom. The minimum absolute atomic E-state index is 0. The number of para-hydroxylation sites is 1. The van der Waals surface area contributed by atoms with Crippen molar-refractivity contribution < 1.29 is 4.79 Å². The zero-order valence-electron chi connectivity index (χ0n) is 13.9. The third-order valence-corrected chi connectivity index (χ3v) is 4.16. The lowest BCUT2D eigenvalue weighted by Crippen LogP contribution is -2.53. The highest BCUT2D eigenvalue weighted by Gasteiger charge is 2.27. The van der Waals surface area contributed by atoms with Gasteiger partial charge in [-0.2, -0.15) is 9.78 Å². The number of nitrogens with two attached hydrogens (primary N) is 1. The molecule has 24 heavy (non-hydrogen) atoms. The van der Waals surface area contributed by atoms with Gasteiger partial charge in [0.05, 0.1) is 11.2 Å². The Hall–Kier alpha value is -2.18. The van der Waals surface area contributed by atoms with Crippen molar-refractivity contribution >= 4 is 18.3 Å². The van der Waals surface area contributed by atoms with Crippen LogP contribution in [-0.4, -0.2) is 27.8 Å². The highest BCUT2D eigenvalue weighted by Crippen LogP contribution is 2.14. The summed E-state index contributed by atoms with van der Waals surface area (Å²) in [5.41, 5.74) is 5.87. The number of nitrogens with one attached hydrogen (secondary N) is 1. The van der Waals surface area contributed by atoms with Gasteiger partial charge in [0.2, 0.25) is 0 Å². The lowest BCUT2D eigenvalue weighted by Gasteiger charge is -2.31. The number of carbonyl (C=O) groups is 1. The third kappa shape index (κ3) is 4.21. The van der Waals surface area contributed by atoms with E-state index in [-0.39, 0.29) is 29.6 Å². The van der Waals surface area contributed by atoms with E-state index in [0.29, 0.717) is 12.2 Å². The fraction of sp³-hybridized carbons (Fsp3) is 0.353. The van der Waals surface area contributed by atoms with Gasteiger partial charge in [-0.05, 0) is 31.0 Å². The molecule has 130 valence electrons. The second-order valence-electron chi connectivity index (χ2n) is 5.45. The van der Waals surface area contributed by atoms with Crippen molar-refractivity contribution in [2.75, 3.05) is 6.54 Å². The van der Waals surface area contributed by atoms with Crippen LogP contribution in [0.15, 0.2) is 47.3 Å². The Morgan fingerprint density at radius 2 is 1.79 bits per heavy atom. The van der Waals surface area contributed by atoms with Crippen molar-refractivity contribution in [3.8, 4) is 5.69 Å². The quantitative estimate of drug-likeness (QED) is 0.832. The Balaban J connectivity index is 0.00000288. The maximum absolute atomic E-state index is 12.5. The molecule has 0 saturated heterocycles. The number of hydrogen-bond acceptors (Lipinski definition) is 4. The van der Waals surface area contributed by atoms with E-state index < -0.39 is 5.54 Å². The van der Waals surface area contributed by atoms with Gasteiger partial charge in [-0.1, -0.05) is 32.0 Å². The van der Waals surface area contributed by atoms with E-state index in [9.17, 15) is 9.59 Å². The van der Waals surface area contributed by atoms with E-state index in [1.165, 1.54) is 16.8 Å². The summed E-state index contributed by atoms with van der Waals surface area (Å²) in [5, 5.41) is 7.13. The Kier molecular flexibility index (Phi) is 7.13. The molecule has 0 saturated carbocycles. The zero-order valence-corrected chi connectivity index (χ0v) is 14.7. The summed E-state index contributed by atoms with van der Waals surface area (Å²) < 4.78 is 1.22. The molecule has 0 bridgehead atoms. The molecule has 0 aliphatic carbocycles. The molecule has 1 amide bonds. The zero-order chi connectivity index (χ0) is 16.9. The number of hydrogen-bond donors (Lipinski definition) is 2. The van der Waals surface area contributed by atoms with Gasteiger partial charge < -0.3 is 11.1 Å². The Bertz CT molecular complexity index is 719. The largest absolute Gasteiger partial charge is 0.344 e. The fourth-order valence-electron chi connectivity index (χ4n) is 2.36. The molecule has 7 heteroatoms. The van der Waals surface area contributed by atoms with Gasteiger partial charge in [0.1, 0.15) is 5.69 Å². The number of aromatic nitrogens is 2. The third-order valence-electron chi connectivity index (χ3n) is 4.16. The van der Waals surface area contributed by atoms with Gasteiger partial charge in [-0.25, -0.2) is 0 Å². The van der Waals surface area contributed by atoms with Gasteiger partial charge in [0.25, 0.3) is 11.5 Å². The molecule has 0 fully saturated rings. The summed E-state index contributed by atoms with van der Waals surface area (Å²) in [6.07, 6.45) is 1.45. The summed E-state index contributed by atoms with van der Waals surface area (Å²) in [7, 11) is 0. The Labute approximate surface area is 147 Å². The molecule has 2 aromatic rings. The van der Waals surface area contributed by atoms with Crippen LogP contribution >= 0.6 is 12.4 Å². The van der Waals surface area contributed by atoms with Crippen molar-refractivity contribution in [3.05, 3.63) is 58.5 Å². The number of halogens is 1. The number of rotatable bonds is 6. The predicted octanol–water partition coefficient (Wildman–Crippen LogP) is 1.90.